The van der Waals surface area contributed by atoms with Gasteiger partial charge in [-0.15, -0.1) is 0 Å². The Morgan fingerprint density at radius 1 is 0.929 bits per heavy atom. The first kappa shape index (κ1) is 18.3. The van der Waals surface area contributed by atoms with E-state index in [1.165, 1.54) is 6.07 Å². The number of hydrogen-bond donors (Lipinski definition) is 0. The number of hydrogen-bond acceptors (Lipinski definition) is 2. The average Bonchev–Trinajstić information content (AvgIpc) is 2.99. The molecule has 28 heavy (non-hydrogen) atoms. The minimum Gasteiger partial charge on any atom is -0.243 e. The highest BCUT2D eigenvalue weighted by atomic mass is 19.3. The molecule has 0 radical (unpaired) electrons. The monoisotopic (exact) mass is 377 g/mol. The van der Waals surface area contributed by atoms with E-state index in [0.29, 0.717) is 29.0 Å². The minimum atomic E-state index is -2.59. The molecule has 2 aromatic heterocycles. The number of aryl methyl sites for hydroxylation is 3. The van der Waals surface area contributed by atoms with Crippen LogP contribution in [-0.4, -0.2) is 14.8 Å². The standard InChI is InChI=1S/C23H21F2N3/c1-14-9-10-18(11-15(14)2)20-12-19(22(24)25)21-16(3)27-28(23(21)26-20)13-17-7-5-4-6-8-17/h4-12,22H,13H2,1-3H3. The van der Waals surface area contributed by atoms with Gasteiger partial charge in [-0.1, -0.05) is 42.5 Å². The number of aromatic nitrogens is 3. The summed E-state index contributed by atoms with van der Waals surface area (Å²) in [5, 5.41) is 4.96. The van der Waals surface area contributed by atoms with Gasteiger partial charge in [0.1, 0.15) is 0 Å². The third-order valence-electron chi connectivity index (χ3n) is 5.12. The zero-order valence-electron chi connectivity index (χ0n) is 16.1. The molecule has 0 atom stereocenters. The molecule has 0 aliphatic heterocycles. The lowest BCUT2D eigenvalue weighted by atomic mass is 10.0. The summed E-state index contributed by atoms with van der Waals surface area (Å²) in [5.41, 5.74) is 5.72. The summed E-state index contributed by atoms with van der Waals surface area (Å²) in [7, 11) is 0. The minimum absolute atomic E-state index is 0.0185. The van der Waals surface area contributed by atoms with Gasteiger partial charge in [0.15, 0.2) is 5.65 Å². The van der Waals surface area contributed by atoms with E-state index < -0.39 is 6.43 Å². The van der Waals surface area contributed by atoms with Gasteiger partial charge < -0.3 is 0 Å². The van der Waals surface area contributed by atoms with Crippen LogP contribution in [0.5, 0.6) is 0 Å². The summed E-state index contributed by atoms with van der Waals surface area (Å²) >= 11 is 0. The summed E-state index contributed by atoms with van der Waals surface area (Å²) in [4.78, 5) is 4.74. The van der Waals surface area contributed by atoms with Crippen LogP contribution in [0, 0.1) is 20.8 Å². The first-order chi connectivity index (χ1) is 13.4. The van der Waals surface area contributed by atoms with Crippen LogP contribution in [0.25, 0.3) is 22.3 Å². The number of halogens is 2. The quantitative estimate of drug-likeness (QED) is 0.436. The Morgan fingerprint density at radius 3 is 2.36 bits per heavy atom. The fraction of sp³-hybridized carbons (Fsp3) is 0.217. The molecule has 0 amide bonds. The van der Waals surface area contributed by atoms with Crippen LogP contribution in [-0.2, 0) is 6.54 Å². The SMILES string of the molecule is Cc1ccc(-c2cc(C(F)F)c3c(C)nn(Cc4ccccc4)c3n2)cc1C. The largest absolute Gasteiger partial charge is 0.264 e. The molecule has 5 heteroatoms. The number of alkyl halides is 2. The Labute approximate surface area is 162 Å². The average molecular weight is 377 g/mol. The first-order valence-corrected chi connectivity index (χ1v) is 9.22. The predicted octanol–water partition coefficient (Wildman–Crippen LogP) is 6.01. The maximum atomic E-state index is 13.9. The van der Waals surface area contributed by atoms with Crippen LogP contribution < -0.4 is 0 Å². The van der Waals surface area contributed by atoms with Gasteiger partial charge in [-0.25, -0.2) is 18.4 Å². The van der Waals surface area contributed by atoms with E-state index >= 15 is 0 Å². The molecule has 0 N–H and O–H groups in total. The summed E-state index contributed by atoms with van der Waals surface area (Å²) in [6.07, 6.45) is -2.59. The van der Waals surface area contributed by atoms with Crippen LogP contribution in [0.3, 0.4) is 0 Å². The normalized spacial score (nSPS) is 11.5. The molecule has 2 aromatic carbocycles. The predicted molar refractivity (Wildman–Crippen MR) is 108 cm³/mol. The summed E-state index contributed by atoms with van der Waals surface area (Å²) in [5.74, 6) is 0. The van der Waals surface area contributed by atoms with Crippen molar-refractivity contribution in [2.45, 2.75) is 33.7 Å². The lowest BCUT2D eigenvalue weighted by Gasteiger charge is -2.10. The smallest absolute Gasteiger partial charge is 0.243 e. The molecule has 142 valence electrons. The highest BCUT2D eigenvalue weighted by Crippen LogP contribution is 2.33. The van der Waals surface area contributed by atoms with E-state index in [2.05, 4.69) is 5.10 Å². The van der Waals surface area contributed by atoms with E-state index in [9.17, 15) is 8.78 Å². The molecule has 0 aliphatic carbocycles. The molecule has 0 unspecified atom stereocenters. The van der Waals surface area contributed by atoms with Crippen molar-refractivity contribution < 1.29 is 8.78 Å². The Balaban J connectivity index is 1.92. The van der Waals surface area contributed by atoms with Crippen LogP contribution in [0.1, 0.15) is 34.4 Å². The number of fused-ring (bicyclic) bond motifs is 1. The fourth-order valence-electron chi connectivity index (χ4n) is 3.47. The van der Waals surface area contributed by atoms with Crippen molar-refractivity contribution in [3.8, 4) is 11.3 Å². The highest BCUT2D eigenvalue weighted by molar-refractivity contribution is 5.85. The van der Waals surface area contributed by atoms with Crippen molar-refractivity contribution in [2.24, 2.45) is 0 Å². The van der Waals surface area contributed by atoms with Crippen LogP contribution in [0.15, 0.2) is 54.6 Å². The second kappa shape index (κ2) is 7.15. The van der Waals surface area contributed by atoms with Gasteiger partial charge in [0.25, 0.3) is 6.43 Å². The Kier molecular flexibility index (Phi) is 4.67. The molecular weight excluding hydrogens is 356 g/mol. The third kappa shape index (κ3) is 3.28. The van der Waals surface area contributed by atoms with Crippen molar-refractivity contribution >= 4 is 11.0 Å². The zero-order valence-corrected chi connectivity index (χ0v) is 16.1. The number of pyridine rings is 1. The Morgan fingerprint density at radius 2 is 1.68 bits per heavy atom. The molecular formula is C23H21F2N3. The van der Waals surface area contributed by atoms with Gasteiger partial charge in [-0.05, 0) is 49.6 Å². The van der Waals surface area contributed by atoms with Crippen molar-refractivity contribution in [2.75, 3.05) is 0 Å². The summed E-state index contributed by atoms with van der Waals surface area (Å²) in [6.45, 7) is 6.28. The number of nitrogens with zero attached hydrogens (tertiary/aromatic N) is 3. The van der Waals surface area contributed by atoms with Crippen molar-refractivity contribution in [3.05, 3.63) is 82.5 Å². The topological polar surface area (TPSA) is 30.7 Å². The molecule has 0 saturated carbocycles. The van der Waals surface area contributed by atoms with Crippen LogP contribution in [0.4, 0.5) is 8.78 Å². The molecule has 0 bridgehead atoms. The maximum absolute atomic E-state index is 13.9. The van der Waals surface area contributed by atoms with Crippen LogP contribution in [0.2, 0.25) is 0 Å². The molecule has 3 nitrogen and oxygen atoms in total. The van der Waals surface area contributed by atoms with Gasteiger partial charge in [0.05, 0.1) is 23.3 Å². The van der Waals surface area contributed by atoms with E-state index in [0.717, 1.165) is 22.3 Å². The van der Waals surface area contributed by atoms with Crippen molar-refractivity contribution in [3.63, 3.8) is 0 Å². The van der Waals surface area contributed by atoms with E-state index in [1.54, 1.807) is 11.6 Å². The molecule has 0 aliphatic rings. The molecule has 4 aromatic rings. The van der Waals surface area contributed by atoms with E-state index in [1.807, 2.05) is 62.4 Å². The summed E-state index contributed by atoms with van der Waals surface area (Å²) in [6, 6.07) is 17.2. The van der Waals surface area contributed by atoms with E-state index in [4.69, 9.17) is 4.98 Å². The highest BCUT2D eigenvalue weighted by Gasteiger charge is 2.21. The zero-order chi connectivity index (χ0) is 19.8. The van der Waals surface area contributed by atoms with Gasteiger partial charge in [0, 0.05) is 11.1 Å². The lowest BCUT2D eigenvalue weighted by molar-refractivity contribution is 0.153. The van der Waals surface area contributed by atoms with E-state index in [-0.39, 0.29) is 5.56 Å². The fourth-order valence-corrected chi connectivity index (χ4v) is 3.47. The number of benzene rings is 2. The second-order valence-corrected chi connectivity index (χ2v) is 7.12. The van der Waals surface area contributed by atoms with Gasteiger partial charge >= 0.3 is 0 Å². The molecule has 0 spiro atoms. The lowest BCUT2D eigenvalue weighted by Crippen LogP contribution is -2.03. The molecule has 0 saturated heterocycles. The Bertz CT molecular complexity index is 1150. The second-order valence-electron chi connectivity index (χ2n) is 7.12. The number of rotatable bonds is 4. The van der Waals surface area contributed by atoms with Gasteiger partial charge in [-0.2, -0.15) is 5.10 Å². The van der Waals surface area contributed by atoms with Crippen molar-refractivity contribution in [1.29, 1.82) is 0 Å². The first-order valence-electron chi connectivity index (χ1n) is 9.22. The Hall–Kier alpha value is -3.08. The van der Waals surface area contributed by atoms with Crippen LogP contribution >= 0.6 is 0 Å². The third-order valence-corrected chi connectivity index (χ3v) is 5.12. The molecule has 2 heterocycles. The molecule has 0 fully saturated rings. The summed E-state index contributed by atoms with van der Waals surface area (Å²) < 4.78 is 29.5. The maximum Gasteiger partial charge on any atom is 0.264 e. The van der Waals surface area contributed by atoms with Gasteiger partial charge in [-0.3, -0.25) is 0 Å². The molecule has 4 rings (SSSR count). The van der Waals surface area contributed by atoms with Crippen molar-refractivity contribution in [1.82, 2.24) is 14.8 Å². The van der Waals surface area contributed by atoms with Gasteiger partial charge in [0.2, 0.25) is 0 Å².